The monoisotopic (exact) mass is 387 g/mol. The van der Waals surface area contributed by atoms with Crippen LogP contribution in [0.25, 0.3) is 11.4 Å². The van der Waals surface area contributed by atoms with Gasteiger partial charge in [-0.2, -0.15) is 4.98 Å². The summed E-state index contributed by atoms with van der Waals surface area (Å²) < 4.78 is 5.49. The van der Waals surface area contributed by atoms with E-state index in [0.29, 0.717) is 29.7 Å². The number of carbonyl (C=O) groups excluding carboxylic acids is 1. The number of carbonyl (C=O) groups is 1. The molecule has 0 aliphatic carbocycles. The second kappa shape index (κ2) is 7.60. The van der Waals surface area contributed by atoms with E-state index in [4.69, 9.17) is 16.1 Å². The molecule has 0 unspecified atom stereocenters. The number of aromatic nitrogens is 2. The molecular formula is C19H18ClN3O2S. The molecule has 134 valence electrons. The molecule has 3 aromatic rings. The zero-order valence-electron chi connectivity index (χ0n) is 14.1. The number of nitrogens with zero attached hydrogens (tertiary/aromatic N) is 3. The summed E-state index contributed by atoms with van der Waals surface area (Å²) in [6.07, 6.45) is 2.36. The first-order valence-electron chi connectivity index (χ1n) is 8.59. The molecule has 0 bridgehead atoms. The summed E-state index contributed by atoms with van der Waals surface area (Å²) in [5.41, 5.74) is 0.867. The summed E-state index contributed by atoms with van der Waals surface area (Å²) in [7, 11) is 0. The van der Waals surface area contributed by atoms with E-state index in [1.54, 1.807) is 23.5 Å². The van der Waals surface area contributed by atoms with Crippen LogP contribution in [-0.2, 0) is 11.2 Å². The van der Waals surface area contributed by atoms with Gasteiger partial charge in [0.2, 0.25) is 17.6 Å². The van der Waals surface area contributed by atoms with Gasteiger partial charge in [-0.1, -0.05) is 22.8 Å². The zero-order valence-corrected chi connectivity index (χ0v) is 15.7. The van der Waals surface area contributed by atoms with E-state index in [1.807, 2.05) is 34.5 Å². The van der Waals surface area contributed by atoms with Crippen LogP contribution in [0.5, 0.6) is 0 Å². The Morgan fingerprint density at radius 1 is 1.31 bits per heavy atom. The highest BCUT2D eigenvalue weighted by Crippen LogP contribution is 2.28. The summed E-state index contributed by atoms with van der Waals surface area (Å²) in [5, 5.41) is 6.76. The Labute approximate surface area is 160 Å². The van der Waals surface area contributed by atoms with Crippen molar-refractivity contribution in [2.75, 3.05) is 13.1 Å². The molecule has 1 aromatic carbocycles. The fourth-order valence-corrected chi connectivity index (χ4v) is 4.02. The highest BCUT2D eigenvalue weighted by atomic mass is 35.5. The number of amides is 1. The quantitative estimate of drug-likeness (QED) is 0.665. The van der Waals surface area contributed by atoms with Gasteiger partial charge in [-0.3, -0.25) is 4.79 Å². The van der Waals surface area contributed by atoms with E-state index >= 15 is 0 Å². The number of rotatable bonds is 4. The fraction of sp³-hybridized carbons (Fsp3) is 0.316. The van der Waals surface area contributed by atoms with E-state index in [2.05, 4.69) is 10.1 Å². The van der Waals surface area contributed by atoms with Gasteiger partial charge in [-0.25, -0.2) is 0 Å². The molecule has 3 heterocycles. The van der Waals surface area contributed by atoms with Crippen molar-refractivity contribution in [3.05, 3.63) is 57.6 Å². The van der Waals surface area contributed by atoms with E-state index < -0.39 is 0 Å². The normalized spacial score (nSPS) is 17.4. The van der Waals surface area contributed by atoms with Crippen LogP contribution in [-0.4, -0.2) is 34.0 Å². The largest absolute Gasteiger partial charge is 0.342 e. The third-order valence-electron chi connectivity index (χ3n) is 4.57. The molecule has 1 aliphatic rings. The van der Waals surface area contributed by atoms with Crippen LogP contribution in [0, 0.1) is 0 Å². The lowest BCUT2D eigenvalue weighted by atomic mass is 9.97. The number of benzene rings is 1. The minimum atomic E-state index is 0.0876. The number of hydrogen-bond donors (Lipinski definition) is 0. The summed E-state index contributed by atoms with van der Waals surface area (Å²) in [4.78, 5) is 20.1. The van der Waals surface area contributed by atoms with Crippen molar-refractivity contribution in [3.8, 4) is 11.4 Å². The number of thiophene rings is 1. The average molecular weight is 388 g/mol. The lowest BCUT2D eigenvalue weighted by molar-refractivity contribution is -0.131. The van der Waals surface area contributed by atoms with Crippen molar-refractivity contribution >= 4 is 28.8 Å². The van der Waals surface area contributed by atoms with Gasteiger partial charge >= 0.3 is 0 Å². The molecule has 7 heteroatoms. The maximum atomic E-state index is 12.6. The third kappa shape index (κ3) is 3.81. The Morgan fingerprint density at radius 3 is 2.92 bits per heavy atom. The van der Waals surface area contributed by atoms with Crippen LogP contribution >= 0.6 is 22.9 Å². The van der Waals surface area contributed by atoms with Crippen molar-refractivity contribution in [1.29, 1.82) is 0 Å². The molecule has 1 atom stereocenters. The number of halogens is 1. The third-order valence-corrected chi connectivity index (χ3v) is 5.70. The first-order valence-corrected chi connectivity index (χ1v) is 9.84. The van der Waals surface area contributed by atoms with Crippen LogP contribution in [0.4, 0.5) is 0 Å². The van der Waals surface area contributed by atoms with Crippen LogP contribution in [0.1, 0.15) is 29.5 Å². The summed E-state index contributed by atoms with van der Waals surface area (Å²) in [5.74, 6) is 1.40. The molecule has 5 nitrogen and oxygen atoms in total. The summed E-state index contributed by atoms with van der Waals surface area (Å²) in [6.45, 7) is 1.42. The van der Waals surface area contributed by atoms with Gasteiger partial charge in [0, 0.05) is 28.6 Å². The van der Waals surface area contributed by atoms with Crippen molar-refractivity contribution in [1.82, 2.24) is 15.0 Å². The van der Waals surface area contributed by atoms with Gasteiger partial charge in [-0.05, 0) is 48.6 Å². The predicted molar refractivity (Wildman–Crippen MR) is 101 cm³/mol. The predicted octanol–water partition coefficient (Wildman–Crippen LogP) is 4.40. The van der Waals surface area contributed by atoms with Crippen LogP contribution < -0.4 is 0 Å². The van der Waals surface area contributed by atoms with Crippen molar-refractivity contribution < 1.29 is 9.32 Å². The fourth-order valence-electron chi connectivity index (χ4n) is 3.20. The van der Waals surface area contributed by atoms with E-state index in [9.17, 15) is 4.79 Å². The van der Waals surface area contributed by atoms with Gasteiger partial charge in [0.15, 0.2) is 0 Å². The Bertz CT molecular complexity index is 877. The first-order chi connectivity index (χ1) is 12.7. The molecule has 0 radical (unpaired) electrons. The lowest BCUT2D eigenvalue weighted by Crippen LogP contribution is -2.39. The van der Waals surface area contributed by atoms with E-state index in [0.717, 1.165) is 29.8 Å². The lowest BCUT2D eigenvalue weighted by Gasteiger charge is -2.31. The number of likely N-dealkylation sites (tertiary alicyclic amines) is 1. The van der Waals surface area contributed by atoms with Gasteiger partial charge in [0.05, 0.1) is 12.3 Å². The van der Waals surface area contributed by atoms with Crippen LogP contribution in [0.3, 0.4) is 0 Å². The average Bonchev–Trinajstić information content (AvgIpc) is 3.34. The van der Waals surface area contributed by atoms with Gasteiger partial charge < -0.3 is 9.42 Å². The molecule has 26 heavy (non-hydrogen) atoms. The molecule has 1 amide bonds. The maximum absolute atomic E-state index is 12.6. The molecular weight excluding hydrogens is 370 g/mol. The Hall–Kier alpha value is -2.18. The Kier molecular flexibility index (Phi) is 5.04. The SMILES string of the molecule is O=C(Cc1cccs1)N1CCC[C@H](c2nc(-c3ccc(Cl)cc3)no2)C1. The second-order valence-corrected chi connectivity index (χ2v) is 7.87. The van der Waals surface area contributed by atoms with E-state index in [1.165, 1.54) is 0 Å². The van der Waals surface area contributed by atoms with Crippen molar-refractivity contribution in [2.24, 2.45) is 0 Å². The Balaban J connectivity index is 1.44. The van der Waals surface area contributed by atoms with E-state index in [-0.39, 0.29) is 11.8 Å². The molecule has 0 saturated carbocycles. The highest BCUT2D eigenvalue weighted by Gasteiger charge is 2.28. The maximum Gasteiger partial charge on any atom is 0.231 e. The first kappa shape index (κ1) is 17.2. The molecule has 2 aromatic heterocycles. The van der Waals surface area contributed by atoms with Gasteiger partial charge in [-0.15, -0.1) is 11.3 Å². The summed E-state index contributed by atoms with van der Waals surface area (Å²) in [6, 6.07) is 11.3. The van der Waals surface area contributed by atoms with Crippen molar-refractivity contribution in [2.45, 2.75) is 25.2 Å². The molecule has 1 aliphatic heterocycles. The van der Waals surface area contributed by atoms with Crippen LogP contribution in [0.15, 0.2) is 46.3 Å². The zero-order chi connectivity index (χ0) is 17.9. The Morgan fingerprint density at radius 2 is 2.15 bits per heavy atom. The summed E-state index contributed by atoms with van der Waals surface area (Å²) >= 11 is 7.54. The van der Waals surface area contributed by atoms with Crippen molar-refractivity contribution in [3.63, 3.8) is 0 Å². The van der Waals surface area contributed by atoms with Gasteiger partial charge in [0.25, 0.3) is 0 Å². The molecule has 4 rings (SSSR count). The molecule has 1 saturated heterocycles. The number of piperidine rings is 1. The van der Waals surface area contributed by atoms with Gasteiger partial charge in [0.1, 0.15) is 0 Å². The standard InChI is InChI=1S/C19H18ClN3O2S/c20-15-7-5-13(6-8-15)18-21-19(25-22-18)14-3-1-9-23(12-14)17(24)11-16-4-2-10-26-16/h2,4-8,10,14H,1,3,9,11-12H2/t14-/m0/s1. The topological polar surface area (TPSA) is 59.2 Å². The van der Waals surface area contributed by atoms with Crippen LogP contribution in [0.2, 0.25) is 5.02 Å². The molecule has 0 spiro atoms. The molecule has 0 N–H and O–H groups in total. The minimum Gasteiger partial charge on any atom is -0.342 e. The highest BCUT2D eigenvalue weighted by molar-refractivity contribution is 7.10. The smallest absolute Gasteiger partial charge is 0.231 e. The minimum absolute atomic E-state index is 0.0876. The molecule has 1 fully saturated rings. The number of hydrogen-bond acceptors (Lipinski definition) is 5. The second-order valence-electron chi connectivity index (χ2n) is 6.40.